The van der Waals surface area contributed by atoms with Gasteiger partial charge in [0.2, 0.25) is 0 Å². The van der Waals surface area contributed by atoms with Gasteiger partial charge in [0.25, 0.3) is 0 Å². The Hall–Kier alpha value is -3.94. The molecule has 1 aromatic carbocycles. The monoisotopic (exact) mass is 460 g/mol. The molecule has 168 valence electrons. The standard InChI is InChI=1S/C23H24N8OS/c1-14(30-23-29-13-18(11-24)33-23)15-4-6-17(7-5-15)32-19-8-10-28-21(25)20(19)22(26)31-16-3-2-9-27-12-16/h4-8,10,13,16,27H,1-3,9,12H2,(H2,25,28)(H2,26,31)(H,29,30). The van der Waals surface area contributed by atoms with Gasteiger partial charge in [-0.05, 0) is 49.2 Å². The van der Waals surface area contributed by atoms with Crippen molar-refractivity contribution in [1.82, 2.24) is 15.3 Å². The van der Waals surface area contributed by atoms with E-state index in [0.29, 0.717) is 38.6 Å². The van der Waals surface area contributed by atoms with Crippen LogP contribution in [0, 0.1) is 11.3 Å². The number of nitrogens with two attached hydrogens (primary N) is 2. The number of thiazole rings is 1. The van der Waals surface area contributed by atoms with Crippen LogP contribution in [0.4, 0.5) is 10.9 Å². The summed E-state index contributed by atoms with van der Waals surface area (Å²) < 4.78 is 6.08. The molecule has 1 unspecified atom stereocenters. The van der Waals surface area contributed by atoms with Crippen LogP contribution < -0.4 is 26.8 Å². The third-order valence-corrected chi connectivity index (χ3v) is 5.91. The first kappa shape index (κ1) is 22.3. The lowest BCUT2D eigenvalue weighted by atomic mass is 10.1. The lowest BCUT2D eigenvalue weighted by molar-refractivity contribution is 0.460. The Morgan fingerprint density at radius 3 is 2.82 bits per heavy atom. The summed E-state index contributed by atoms with van der Waals surface area (Å²) in [7, 11) is 0. The molecule has 1 atom stereocenters. The zero-order valence-electron chi connectivity index (χ0n) is 17.9. The lowest BCUT2D eigenvalue weighted by Gasteiger charge is -2.20. The van der Waals surface area contributed by atoms with E-state index in [-0.39, 0.29) is 11.9 Å². The Morgan fingerprint density at radius 2 is 2.12 bits per heavy atom. The number of hydrogen-bond acceptors (Lipinski definition) is 9. The van der Waals surface area contributed by atoms with Gasteiger partial charge in [-0.1, -0.05) is 17.9 Å². The average molecular weight is 461 g/mol. The molecule has 3 aromatic rings. The molecule has 4 rings (SSSR count). The van der Waals surface area contributed by atoms with Crippen molar-refractivity contribution in [1.29, 1.82) is 5.26 Å². The number of benzene rings is 1. The third-order valence-electron chi connectivity index (χ3n) is 5.10. The second-order valence-electron chi connectivity index (χ2n) is 7.46. The fraction of sp³-hybridized carbons (Fsp3) is 0.217. The molecule has 0 spiro atoms. The molecular weight excluding hydrogens is 436 g/mol. The first-order valence-electron chi connectivity index (χ1n) is 10.4. The molecule has 1 aliphatic rings. The first-order chi connectivity index (χ1) is 16.0. The quantitative estimate of drug-likeness (QED) is 0.310. The van der Waals surface area contributed by atoms with Gasteiger partial charge in [-0.15, -0.1) is 0 Å². The second kappa shape index (κ2) is 10.1. The minimum Gasteiger partial charge on any atom is -0.456 e. The number of aromatic nitrogens is 2. The van der Waals surface area contributed by atoms with E-state index in [1.54, 1.807) is 12.3 Å². The van der Waals surface area contributed by atoms with Crippen molar-refractivity contribution in [3.63, 3.8) is 0 Å². The molecule has 0 aliphatic carbocycles. The number of piperidine rings is 1. The van der Waals surface area contributed by atoms with Crippen LogP contribution in [0.1, 0.15) is 28.8 Å². The van der Waals surface area contributed by atoms with Crippen LogP contribution in [0.5, 0.6) is 11.5 Å². The molecule has 10 heteroatoms. The van der Waals surface area contributed by atoms with Gasteiger partial charge in [-0.2, -0.15) is 5.26 Å². The number of anilines is 2. The molecule has 0 bridgehead atoms. The van der Waals surface area contributed by atoms with Crippen molar-refractivity contribution in [3.8, 4) is 17.6 Å². The molecular formula is C23H24N8OS. The Bertz CT molecular complexity index is 1210. The predicted molar refractivity (Wildman–Crippen MR) is 131 cm³/mol. The maximum atomic E-state index is 8.93. The van der Waals surface area contributed by atoms with Crippen molar-refractivity contribution >= 4 is 33.8 Å². The summed E-state index contributed by atoms with van der Waals surface area (Å²) in [6, 6.07) is 11.3. The predicted octanol–water partition coefficient (Wildman–Crippen LogP) is 3.32. The van der Waals surface area contributed by atoms with Crippen LogP contribution in [0.15, 0.2) is 54.3 Å². The van der Waals surface area contributed by atoms with Gasteiger partial charge in [0.15, 0.2) is 5.13 Å². The van der Waals surface area contributed by atoms with Crippen molar-refractivity contribution in [2.45, 2.75) is 18.9 Å². The number of nitriles is 1. The molecule has 1 aliphatic heterocycles. The van der Waals surface area contributed by atoms with Crippen molar-refractivity contribution < 1.29 is 4.74 Å². The molecule has 6 N–H and O–H groups in total. The highest BCUT2D eigenvalue weighted by Crippen LogP contribution is 2.29. The number of hydrogen-bond donors (Lipinski definition) is 4. The lowest BCUT2D eigenvalue weighted by Crippen LogP contribution is -2.34. The summed E-state index contributed by atoms with van der Waals surface area (Å²) in [4.78, 5) is 13.5. The Kier molecular flexibility index (Phi) is 6.83. The second-order valence-corrected chi connectivity index (χ2v) is 8.49. The number of nitrogens with one attached hydrogen (secondary N) is 2. The van der Waals surface area contributed by atoms with Gasteiger partial charge >= 0.3 is 0 Å². The molecule has 0 amide bonds. The average Bonchev–Trinajstić information content (AvgIpc) is 3.28. The highest BCUT2D eigenvalue weighted by atomic mass is 32.1. The van der Waals surface area contributed by atoms with E-state index in [1.807, 2.05) is 24.3 Å². The molecule has 3 heterocycles. The van der Waals surface area contributed by atoms with Gasteiger partial charge in [-0.3, -0.25) is 4.99 Å². The number of pyridine rings is 1. The van der Waals surface area contributed by atoms with Crippen LogP contribution in [0.3, 0.4) is 0 Å². The molecule has 9 nitrogen and oxygen atoms in total. The number of ether oxygens (including phenoxy) is 1. The molecule has 1 saturated heterocycles. The van der Waals surface area contributed by atoms with E-state index in [2.05, 4.69) is 38.2 Å². The molecule has 0 radical (unpaired) electrons. The number of amidine groups is 1. The van der Waals surface area contributed by atoms with Crippen LogP contribution in [0.25, 0.3) is 5.70 Å². The zero-order chi connectivity index (χ0) is 23.2. The van der Waals surface area contributed by atoms with E-state index in [1.165, 1.54) is 17.5 Å². The Balaban J connectivity index is 1.49. The summed E-state index contributed by atoms with van der Waals surface area (Å²) >= 11 is 1.27. The minimum atomic E-state index is 0.103. The van der Waals surface area contributed by atoms with E-state index < -0.39 is 0 Å². The smallest absolute Gasteiger partial charge is 0.188 e. The summed E-state index contributed by atoms with van der Waals surface area (Å²) in [5.41, 5.74) is 14.4. The first-order valence-corrected chi connectivity index (χ1v) is 11.2. The third kappa shape index (κ3) is 5.46. The normalized spacial score (nSPS) is 16.1. The fourth-order valence-corrected chi connectivity index (χ4v) is 4.08. The molecule has 2 aromatic heterocycles. The van der Waals surface area contributed by atoms with Gasteiger partial charge in [0.05, 0.1) is 12.2 Å². The number of rotatable bonds is 7. The minimum absolute atomic E-state index is 0.103. The van der Waals surface area contributed by atoms with E-state index in [0.717, 1.165) is 31.5 Å². The summed E-state index contributed by atoms with van der Waals surface area (Å²) in [5, 5.41) is 16.0. The maximum Gasteiger partial charge on any atom is 0.188 e. The summed E-state index contributed by atoms with van der Waals surface area (Å²) in [5.74, 6) is 1.68. The van der Waals surface area contributed by atoms with Crippen LogP contribution >= 0.6 is 11.3 Å². The fourth-order valence-electron chi connectivity index (χ4n) is 3.44. The summed E-state index contributed by atoms with van der Waals surface area (Å²) in [6.07, 6.45) is 5.13. The molecule has 1 fully saturated rings. The van der Waals surface area contributed by atoms with Crippen LogP contribution in [-0.2, 0) is 0 Å². The number of nitrogen functional groups attached to an aromatic ring is 1. The van der Waals surface area contributed by atoms with E-state index >= 15 is 0 Å². The Labute approximate surface area is 195 Å². The highest BCUT2D eigenvalue weighted by molar-refractivity contribution is 7.16. The van der Waals surface area contributed by atoms with Gasteiger partial charge in [-0.25, -0.2) is 9.97 Å². The largest absolute Gasteiger partial charge is 0.456 e. The van der Waals surface area contributed by atoms with Crippen molar-refractivity contribution in [2.24, 2.45) is 10.7 Å². The van der Waals surface area contributed by atoms with Crippen LogP contribution in [-0.4, -0.2) is 34.9 Å². The van der Waals surface area contributed by atoms with Gasteiger partial charge in [0, 0.05) is 24.5 Å². The summed E-state index contributed by atoms with van der Waals surface area (Å²) in [6.45, 7) is 5.83. The number of aliphatic imine (C=N–C) groups is 1. The van der Waals surface area contributed by atoms with Crippen LogP contribution in [0.2, 0.25) is 0 Å². The molecule has 0 saturated carbocycles. The van der Waals surface area contributed by atoms with Gasteiger partial charge < -0.3 is 26.8 Å². The van der Waals surface area contributed by atoms with Crippen molar-refractivity contribution in [2.75, 3.05) is 24.1 Å². The zero-order valence-corrected chi connectivity index (χ0v) is 18.7. The van der Waals surface area contributed by atoms with E-state index in [9.17, 15) is 0 Å². The maximum absolute atomic E-state index is 8.93. The highest BCUT2D eigenvalue weighted by Gasteiger charge is 2.18. The topological polar surface area (TPSA) is 147 Å². The molecule has 33 heavy (non-hydrogen) atoms. The Morgan fingerprint density at radius 1 is 1.30 bits per heavy atom. The van der Waals surface area contributed by atoms with Crippen molar-refractivity contribution in [3.05, 3.63) is 65.3 Å². The number of nitrogens with zero attached hydrogens (tertiary/aromatic N) is 4. The van der Waals surface area contributed by atoms with E-state index in [4.69, 9.17) is 21.5 Å². The van der Waals surface area contributed by atoms with Gasteiger partial charge in [0.1, 0.15) is 39.7 Å². The SMILES string of the molecule is C=C(Nc1ncc(C#N)s1)c1ccc(Oc2ccnc(N)c2C(N)=NC2CCCNC2)cc1.